The molecule has 1 heterocycles. The average Bonchev–Trinajstić information content (AvgIpc) is 2.72. The third kappa shape index (κ3) is 3.96. The summed E-state index contributed by atoms with van der Waals surface area (Å²) >= 11 is 0. The molecule has 0 aliphatic rings. The number of hydrogen-bond acceptors (Lipinski definition) is 7. The molecule has 1 aromatic heterocycles. The summed E-state index contributed by atoms with van der Waals surface area (Å²) < 4.78 is 15.6. The van der Waals surface area contributed by atoms with Crippen LogP contribution in [0.1, 0.15) is 16.7 Å². The molecule has 0 saturated carbocycles. The molecule has 0 atom stereocenters. The van der Waals surface area contributed by atoms with Crippen LogP contribution in [0.2, 0.25) is 0 Å². The summed E-state index contributed by atoms with van der Waals surface area (Å²) in [5.74, 6) is -0.125. The van der Waals surface area contributed by atoms with E-state index < -0.39 is 11.4 Å². The van der Waals surface area contributed by atoms with E-state index in [4.69, 9.17) is 13.9 Å². The van der Waals surface area contributed by atoms with Crippen molar-refractivity contribution in [2.75, 3.05) is 14.2 Å². The molecule has 2 aromatic carbocycles. The van der Waals surface area contributed by atoms with E-state index in [1.54, 1.807) is 25.1 Å². The minimum atomic E-state index is -0.739. The van der Waals surface area contributed by atoms with E-state index in [1.165, 1.54) is 26.4 Å². The topological polar surface area (TPSA) is 118 Å². The summed E-state index contributed by atoms with van der Waals surface area (Å²) in [6, 6.07) is 8.11. The van der Waals surface area contributed by atoms with Gasteiger partial charge in [0.05, 0.1) is 26.2 Å². The number of amides is 1. The molecule has 29 heavy (non-hydrogen) atoms. The minimum absolute atomic E-state index is 0.109. The Hall–Kier alpha value is -3.68. The van der Waals surface area contributed by atoms with Crippen molar-refractivity contribution in [3.63, 3.8) is 0 Å². The van der Waals surface area contributed by atoms with Crippen LogP contribution in [0.5, 0.6) is 23.0 Å². The number of fused-ring (bicyclic) bond motifs is 1. The zero-order valence-corrected chi connectivity index (χ0v) is 16.2. The molecule has 0 radical (unpaired) electrons. The predicted molar refractivity (Wildman–Crippen MR) is 106 cm³/mol. The highest BCUT2D eigenvalue weighted by Crippen LogP contribution is 2.34. The highest BCUT2D eigenvalue weighted by molar-refractivity contribution is 5.89. The van der Waals surface area contributed by atoms with Gasteiger partial charge in [0.2, 0.25) is 11.7 Å². The second kappa shape index (κ2) is 8.14. The van der Waals surface area contributed by atoms with E-state index in [0.717, 1.165) is 5.56 Å². The number of phenols is 2. The molecular formula is C21H21NO7. The molecule has 3 N–H and O–H groups in total. The van der Waals surface area contributed by atoms with Gasteiger partial charge in [0.25, 0.3) is 0 Å². The van der Waals surface area contributed by atoms with E-state index in [-0.39, 0.29) is 35.8 Å². The molecule has 0 aliphatic carbocycles. The third-order valence-corrected chi connectivity index (χ3v) is 4.68. The zero-order chi connectivity index (χ0) is 21.1. The van der Waals surface area contributed by atoms with E-state index in [2.05, 4.69) is 5.32 Å². The number of ether oxygens (including phenoxy) is 2. The maximum Gasteiger partial charge on any atom is 0.340 e. The first-order valence-electron chi connectivity index (χ1n) is 8.80. The number of aromatic hydroxyl groups is 2. The molecular weight excluding hydrogens is 378 g/mol. The number of nitrogens with one attached hydrogen (secondary N) is 1. The molecule has 8 heteroatoms. The average molecular weight is 399 g/mol. The molecule has 0 fully saturated rings. The first-order chi connectivity index (χ1) is 13.8. The number of phenolic OH excluding ortho intramolecular Hbond substituents is 2. The summed E-state index contributed by atoms with van der Waals surface area (Å²) in [6.45, 7) is 1.90. The number of carbonyl (C=O) groups is 1. The monoisotopic (exact) mass is 399 g/mol. The molecule has 3 rings (SSSR count). The van der Waals surface area contributed by atoms with Crippen LogP contribution in [0.4, 0.5) is 0 Å². The van der Waals surface area contributed by atoms with Crippen molar-refractivity contribution in [1.29, 1.82) is 0 Å². The summed E-state index contributed by atoms with van der Waals surface area (Å²) in [7, 11) is 3.07. The maximum absolute atomic E-state index is 12.4. The van der Waals surface area contributed by atoms with Gasteiger partial charge in [-0.3, -0.25) is 4.79 Å². The number of methoxy groups -OCH3 is 2. The Kier molecular flexibility index (Phi) is 5.63. The van der Waals surface area contributed by atoms with Crippen molar-refractivity contribution in [2.24, 2.45) is 0 Å². The molecule has 0 aliphatic heterocycles. The van der Waals surface area contributed by atoms with Crippen LogP contribution in [-0.2, 0) is 17.8 Å². The third-order valence-electron chi connectivity index (χ3n) is 4.68. The van der Waals surface area contributed by atoms with Crippen LogP contribution in [0.25, 0.3) is 11.0 Å². The summed E-state index contributed by atoms with van der Waals surface area (Å²) in [5, 5.41) is 22.7. The number of aryl methyl sites for hydroxylation is 1. The zero-order valence-electron chi connectivity index (χ0n) is 16.2. The number of benzene rings is 2. The molecule has 1 amide bonds. The van der Waals surface area contributed by atoms with Crippen LogP contribution in [-0.4, -0.2) is 30.3 Å². The van der Waals surface area contributed by atoms with Gasteiger partial charge in [0.1, 0.15) is 0 Å². The molecule has 8 nitrogen and oxygen atoms in total. The first-order valence-corrected chi connectivity index (χ1v) is 8.80. The number of hydrogen-bond donors (Lipinski definition) is 3. The lowest BCUT2D eigenvalue weighted by atomic mass is 10.0. The lowest BCUT2D eigenvalue weighted by molar-refractivity contribution is -0.120. The number of carbonyl (C=O) groups excluding carboxylic acids is 1. The van der Waals surface area contributed by atoms with Gasteiger partial charge < -0.3 is 29.4 Å². The van der Waals surface area contributed by atoms with Gasteiger partial charge in [-0.25, -0.2) is 4.79 Å². The SMILES string of the molecule is COc1ccc(CNC(=O)Cc2c(C)c3ccc(O)c(O)c3oc2=O)cc1OC. The van der Waals surface area contributed by atoms with Gasteiger partial charge in [-0.15, -0.1) is 0 Å². The van der Waals surface area contributed by atoms with Crippen molar-refractivity contribution >= 4 is 16.9 Å². The standard InChI is InChI=1S/C21H21NO7/c1-11-13-5-6-15(23)19(25)20(13)29-21(26)14(11)9-18(24)22-10-12-4-7-16(27-2)17(8-12)28-3/h4-8,23,25H,9-10H2,1-3H3,(H,22,24). The lowest BCUT2D eigenvalue weighted by Crippen LogP contribution is -2.27. The molecule has 0 spiro atoms. The van der Waals surface area contributed by atoms with Crippen molar-refractivity contribution in [3.8, 4) is 23.0 Å². The normalized spacial score (nSPS) is 10.7. The van der Waals surface area contributed by atoms with Crippen molar-refractivity contribution in [1.82, 2.24) is 5.32 Å². The van der Waals surface area contributed by atoms with Crippen LogP contribution in [0.3, 0.4) is 0 Å². The van der Waals surface area contributed by atoms with Gasteiger partial charge >= 0.3 is 5.63 Å². The highest BCUT2D eigenvalue weighted by atomic mass is 16.5. The number of rotatable bonds is 6. The summed E-state index contributed by atoms with van der Waals surface area (Å²) in [4.78, 5) is 24.7. The molecule has 0 unspecified atom stereocenters. The molecule has 3 aromatic rings. The Balaban J connectivity index is 1.78. The van der Waals surface area contributed by atoms with Crippen molar-refractivity contribution < 1.29 is 28.9 Å². The van der Waals surface area contributed by atoms with Crippen LogP contribution in [0.15, 0.2) is 39.5 Å². The lowest BCUT2D eigenvalue weighted by Gasteiger charge is -2.11. The highest BCUT2D eigenvalue weighted by Gasteiger charge is 2.18. The second-order valence-corrected chi connectivity index (χ2v) is 6.45. The van der Waals surface area contributed by atoms with Crippen LogP contribution in [0, 0.1) is 6.92 Å². The van der Waals surface area contributed by atoms with Gasteiger partial charge in [0, 0.05) is 11.9 Å². The Morgan fingerprint density at radius 3 is 2.52 bits per heavy atom. The Labute approximate surface area is 166 Å². The van der Waals surface area contributed by atoms with Gasteiger partial charge in [-0.05, 0) is 42.3 Å². The first kappa shape index (κ1) is 20.1. The van der Waals surface area contributed by atoms with E-state index in [1.807, 2.05) is 0 Å². The minimum Gasteiger partial charge on any atom is -0.504 e. The van der Waals surface area contributed by atoms with Crippen molar-refractivity contribution in [2.45, 2.75) is 19.9 Å². The molecule has 152 valence electrons. The Bertz CT molecular complexity index is 1130. The summed E-state index contributed by atoms with van der Waals surface area (Å²) in [6.07, 6.45) is -0.182. The second-order valence-electron chi connectivity index (χ2n) is 6.45. The van der Waals surface area contributed by atoms with Gasteiger partial charge in [-0.2, -0.15) is 0 Å². The van der Waals surface area contributed by atoms with Crippen LogP contribution >= 0.6 is 0 Å². The van der Waals surface area contributed by atoms with E-state index in [0.29, 0.717) is 22.4 Å². The van der Waals surface area contributed by atoms with E-state index >= 15 is 0 Å². The largest absolute Gasteiger partial charge is 0.504 e. The fourth-order valence-corrected chi connectivity index (χ4v) is 3.05. The quantitative estimate of drug-likeness (QED) is 0.430. The van der Waals surface area contributed by atoms with Crippen molar-refractivity contribution in [3.05, 3.63) is 57.4 Å². The van der Waals surface area contributed by atoms with Gasteiger partial charge in [-0.1, -0.05) is 6.07 Å². The Morgan fingerprint density at radius 2 is 1.83 bits per heavy atom. The fourth-order valence-electron chi connectivity index (χ4n) is 3.05. The maximum atomic E-state index is 12.4. The van der Waals surface area contributed by atoms with E-state index in [9.17, 15) is 19.8 Å². The summed E-state index contributed by atoms with van der Waals surface area (Å²) in [5.41, 5.74) is 0.651. The molecule has 0 saturated heterocycles. The predicted octanol–water partition coefficient (Wildman–Crippen LogP) is 2.39. The Morgan fingerprint density at radius 1 is 1.10 bits per heavy atom. The molecule has 0 bridgehead atoms. The van der Waals surface area contributed by atoms with Gasteiger partial charge in [0.15, 0.2) is 22.8 Å². The smallest absolute Gasteiger partial charge is 0.340 e. The van der Waals surface area contributed by atoms with Crippen LogP contribution < -0.4 is 20.4 Å². The fraction of sp³-hybridized carbons (Fsp3) is 0.238.